The summed E-state index contributed by atoms with van der Waals surface area (Å²) < 4.78 is 0. The zero-order valence-corrected chi connectivity index (χ0v) is 8.47. The second-order valence-electron chi connectivity index (χ2n) is 3.23. The van der Waals surface area contributed by atoms with Gasteiger partial charge in [-0.05, 0) is 5.92 Å². The van der Waals surface area contributed by atoms with Crippen molar-refractivity contribution in [2.24, 2.45) is 11.8 Å². The average molecular weight is 187 g/mol. The molecule has 0 rings (SSSR count). The first-order valence-corrected chi connectivity index (χ1v) is 4.26. The van der Waals surface area contributed by atoms with Gasteiger partial charge in [0.25, 0.3) is 0 Å². The summed E-state index contributed by atoms with van der Waals surface area (Å²) in [7, 11) is 1.48. The fourth-order valence-corrected chi connectivity index (χ4v) is 0.597. The van der Waals surface area contributed by atoms with E-state index in [9.17, 15) is 9.59 Å². The van der Waals surface area contributed by atoms with Crippen molar-refractivity contribution in [3.05, 3.63) is 0 Å². The molecule has 0 saturated carbocycles. The lowest BCUT2D eigenvalue weighted by atomic mass is 9.98. The normalized spacial score (nSPS) is 12.1. The molecule has 3 amide bonds. The van der Waals surface area contributed by atoms with Crippen LogP contribution in [0.25, 0.3) is 0 Å². The number of nitrogens with one attached hydrogen (secondary N) is 3. The number of hydrogen-bond donors (Lipinski definition) is 3. The molecule has 0 heterocycles. The summed E-state index contributed by atoms with van der Waals surface area (Å²) in [5.41, 5.74) is 4.53. The fraction of sp³-hybridized carbons (Fsp3) is 0.750. The van der Waals surface area contributed by atoms with E-state index in [1.54, 1.807) is 0 Å². The maximum Gasteiger partial charge on any atom is 0.333 e. The van der Waals surface area contributed by atoms with Crippen molar-refractivity contribution in [3.8, 4) is 0 Å². The Labute approximate surface area is 78.2 Å². The topological polar surface area (TPSA) is 70.2 Å². The summed E-state index contributed by atoms with van der Waals surface area (Å²) in [6.07, 6.45) is 0. The first-order chi connectivity index (χ1) is 5.99. The lowest BCUT2D eigenvalue weighted by Crippen LogP contribution is -2.48. The summed E-state index contributed by atoms with van der Waals surface area (Å²) in [6, 6.07) is -0.427. The monoisotopic (exact) mass is 187 g/mol. The van der Waals surface area contributed by atoms with Gasteiger partial charge in [0.2, 0.25) is 5.91 Å². The third kappa shape index (κ3) is 4.35. The predicted octanol–water partition coefficient (Wildman–Crippen LogP) is 0.239. The van der Waals surface area contributed by atoms with Gasteiger partial charge in [-0.3, -0.25) is 10.2 Å². The Bertz CT molecular complexity index is 192. The van der Waals surface area contributed by atoms with Gasteiger partial charge in [0.05, 0.1) is 0 Å². The Hall–Kier alpha value is -1.26. The second kappa shape index (κ2) is 5.40. The third-order valence-electron chi connectivity index (χ3n) is 1.94. The van der Waals surface area contributed by atoms with E-state index >= 15 is 0 Å². The molecule has 0 aliphatic carbocycles. The number of rotatable bonds is 2. The van der Waals surface area contributed by atoms with Crippen LogP contribution in [0.2, 0.25) is 0 Å². The number of hydrazine groups is 1. The average Bonchev–Trinajstić information content (AvgIpc) is 2.11. The molecule has 0 spiro atoms. The molecule has 0 aromatic rings. The molecule has 5 heteroatoms. The minimum absolute atomic E-state index is 0.114. The summed E-state index contributed by atoms with van der Waals surface area (Å²) in [5, 5.41) is 2.32. The van der Waals surface area contributed by atoms with Crippen LogP contribution in [0, 0.1) is 11.8 Å². The number of hydrogen-bond acceptors (Lipinski definition) is 2. The van der Waals surface area contributed by atoms with E-state index in [1.165, 1.54) is 7.05 Å². The lowest BCUT2D eigenvalue weighted by molar-refractivity contribution is -0.126. The Kier molecular flexibility index (Phi) is 4.87. The molecule has 0 aliphatic heterocycles. The van der Waals surface area contributed by atoms with E-state index in [1.807, 2.05) is 20.8 Å². The van der Waals surface area contributed by atoms with Crippen LogP contribution in [-0.4, -0.2) is 19.0 Å². The molecule has 1 unspecified atom stereocenters. The molecule has 5 nitrogen and oxygen atoms in total. The number of carbonyl (C=O) groups excluding carboxylic acids is 2. The molecular weight excluding hydrogens is 170 g/mol. The smallest absolute Gasteiger partial charge is 0.333 e. The molecule has 0 bridgehead atoms. The van der Waals surface area contributed by atoms with Gasteiger partial charge in [0, 0.05) is 13.0 Å². The Morgan fingerprint density at radius 1 is 1.08 bits per heavy atom. The van der Waals surface area contributed by atoms with Crippen molar-refractivity contribution in [2.75, 3.05) is 7.05 Å². The van der Waals surface area contributed by atoms with Crippen LogP contribution in [0.4, 0.5) is 4.79 Å². The van der Waals surface area contributed by atoms with Crippen molar-refractivity contribution < 1.29 is 9.59 Å². The van der Waals surface area contributed by atoms with Crippen molar-refractivity contribution >= 4 is 11.9 Å². The lowest BCUT2D eigenvalue weighted by Gasteiger charge is -2.15. The molecule has 13 heavy (non-hydrogen) atoms. The van der Waals surface area contributed by atoms with Crippen LogP contribution >= 0.6 is 0 Å². The number of amides is 3. The number of carbonyl (C=O) groups is 2. The van der Waals surface area contributed by atoms with Crippen molar-refractivity contribution in [1.29, 1.82) is 0 Å². The second-order valence-corrected chi connectivity index (χ2v) is 3.23. The zero-order valence-electron chi connectivity index (χ0n) is 8.47. The summed E-state index contributed by atoms with van der Waals surface area (Å²) in [6.45, 7) is 5.71. The summed E-state index contributed by atoms with van der Waals surface area (Å²) >= 11 is 0. The molecule has 0 aromatic heterocycles. The Morgan fingerprint density at radius 3 is 2.00 bits per heavy atom. The maximum absolute atomic E-state index is 11.3. The van der Waals surface area contributed by atoms with Gasteiger partial charge in [0.1, 0.15) is 0 Å². The van der Waals surface area contributed by atoms with E-state index in [-0.39, 0.29) is 17.7 Å². The van der Waals surface area contributed by atoms with E-state index in [0.717, 1.165) is 0 Å². The van der Waals surface area contributed by atoms with E-state index in [2.05, 4.69) is 16.2 Å². The molecule has 3 N–H and O–H groups in total. The summed E-state index contributed by atoms with van der Waals surface area (Å²) in [4.78, 5) is 21.9. The minimum atomic E-state index is -0.427. The van der Waals surface area contributed by atoms with Gasteiger partial charge in [-0.1, -0.05) is 20.8 Å². The van der Waals surface area contributed by atoms with Gasteiger partial charge in [-0.2, -0.15) is 0 Å². The van der Waals surface area contributed by atoms with Crippen LogP contribution in [0.15, 0.2) is 0 Å². The largest absolute Gasteiger partial charge is 0.340 e. The van der Waals surface area contributed by atoms with Gasteiger partial charge in [-0.25, -0.2) is 10.2 Å². The maximum atomic E-state index is 11.3. The van der Waals surface area contributed by atoms with E-state index in [0.29, 0.717) is 0 Å². The molecule has 0 saturated heterocycles. The molecule has 0 radical (unpaired) electrons. The highest BCUT2D eigenvalue weighted by atomic mass is 16.2. The highest BCUT2D eigenvalue weighted by Crippen LogP contribution is 2.08. The van der Waals surface area contributed by atoms with E-state index in [4.69, 9.17) is 0 Å². The van der Waals surface area contributed by atoms with Crippen LogP contribution in [0.3, 0.4) is 0 Å². The highest BCUT2D eigenvalue weighted by Gasteiger charge is 2.16. The predicted molar refractivity (Wildman–Crippen MR) is 49.7 cm³/mol. The first kappa shape index (κ1) is 11.7. The molecular formula is C8H17N3O2. The highest BCUT2D eigenvalue weighted by molar-refractivity contribution is 5.82. The van der Waals surface area contributed by atoms with Crippen molar-refractivity contribution in [1.82, 2.24) is 16.2 Å². The molecule has 76 valence electrons. The zero-order chi connectivity index (χ0) is 10.4. The van der Waals surface area contributed by atoms with Crippen LogP contribution < -0.4 is 16.2 Å². The van der Waals surface area contributed by atoms with Crippen molar-refractivity contribution in [3.63, 3.8) is 0 Å². The molecule has 1 atom stereocenters. The van der Waals surface area contributed by atoms with Gasteiger partial charge in [0.15, 0.2) is 0 Å². The fourth-order valence-electron chi connectivity index (χ4n) is 0.597. The Morgan fingerprint density at radius 2 is 1.62 bits per heavy atom. The summed E-state index contributed by atoms with van der Waals surface area (Å²) in [5.74, 6) is -0.0396. The van der Waals surface area contributed by atoms with Crippen LogP contribution in [0.5, 0.6) is 0 Å². The van der Waals surface area contributed by atoms with Crippen molar-refractivity contribution in [2.45, 2.75) is 20.8 Å². The minimum Gasteiger partial charge on any atom is -0.340 e. The van der Waals surface area contributed by atoms with Gasteiger partial charge in [-0.15, -0.1) is 0 Å². The van der Waals surface area contributed by atoms with E-state index < -0.39 is 6.03 Å². The van der Waals surface area contributed by atoms with Gasteiger partial charge >= 0.3 is 6.03 Å². The third-order valence-corrected chi connectivity index (χ3v) is 1.94. The molecule has 0 aliphatic rings. The van der Waals surface area contributed by atoms with Crippen LogP contribution in [-0.2, 0) is 4.79 Å². The SMILES string of the molecule is CNC(=O)NNC(=O)C(C)C(C)C. The number of urea groups is 1. The molecule has 0 fully saturated rings. The standard InChI is InChI=1S/C8H17N3O2/c1-5(2)6(3)7(12)10-11-8(13)9-4/h5-6H,1-4H3,(H,10,12)(H2,9,11,13). The quantitative estimate of drug-likeness (QED) is 0.542. The molecule has 0 aromatic carbocycles. The first-order valence-electron chi connectivity index (χ1n) is 4.26. The Balaban J connectivity index is 3.81. The van der Waals surface area contributed by atoms with Gasteiger partial charge < -0.3 is 5.32 Å². The van der Waals surface area contributed by atoms with Crippen LogP contribution in [0.1, 0.15) is 20.8 Å².